The maximum Gasteiger partial charge on any atom is 0.419 e. The molecule has 0 bridgehead atoms. The summed E-state index contributed by atoms with van der Waals surface area (Å²) >= 11 is 5.98. The number of benzene rings is 2. The number of alkyl halides is 3. The summed E-state index contributed by atoms with van der Waals surface area (Å²) < 4.78 is 53.6. The van der Waals surface area contributed by atoms with Crippen molar-refractivity contribution in [3.8, 4) is 22.8 Å². The van der Waals surface area contributed by atoms with Gasteiger partial charge in [0.2, 0.25) is 5.28 Å². The second-order valence-corrected chi connectivity index (χ2v) is 7.05. The third-order valence-corrected chi connectivity index (χ3v) is 4.81. The van der Waals surface area contributed by atoms with Crippen LogP contribution in [0.1, 0.15) is 11.1 Å². The minimum Gasteiger partial charge on any atom is -0.497 e. The topological polar surface area (TPSA) is 62.1 Å². The number of hydrogen-bond acceptors (Lipinski definition) is 5. The van der Waals surface area contributed by atoms with Gasteiger partial charge in [-0.1, -0.05) is 12.1 Å². The lowest BCUT2D eigenvalue weighted by Gasteiger charge is -2.16. The molecule has 0 atom stereocenters. The van der Waals surface area contributed by atoms with Gasteiger partial charge in [-0.25, -0.2) is 9.97 Å². The van der Waals surface area contributed by atoms with Crippen molar-refractivity contribution in [3.05, 3.63) is 65.2 Å². The normalized spacial score (nSPS) is 11.7. The van der Waals surface area contributed by atoms with Gasteiger partial charge in [0.05, 0.1) is 19.0 Å². The van der Waals surface area contributed by atoms with E-state index >= 15 is 0 Å². The molecule has 0 radical (unpaired) electrons. The van der Waals surface area contributed by atoms with Gasteiger partial charge in [-0.05, 0) is 47.5 Å². The van der Waals surface area contributed by atoms with Crippen molar-refractivity contribution in [1.82, 2.24) is 19.5 Å². The summed E-state index contributed by atoms with van der Waals surface area (Å²) in [4.78, 5) is 12.4. The van der Waals surface area contributed by atoms with Gasteiger partial charge in [0, 0.05) is 12.6 Å². The molecule has 0 aliphatic rings. The second kappa shape index (κ2) is 8.07. The first-order valence-electron chi connectivity index (χ1n) is 9.08. The van der Waals surface area contributed by atoms with Crippen LogP contribution in [0, 0.1) is 0 Å². The first-order chi connectivity index (χ1) is 14.8. The average molecular weight is 449 g/mol. The van der Waals surface area contributed by atoms with Gasteiger partial charge in [-0.3, -0.25) is 0 Å². The molecule has 0 spiro atoms. The van der Waals surface area contributed by atoms with E-state index in [0.717, 1.165) is 6.07 Å². The zero-order chi connectivity index (χ0) is 22.2. The van der Waals surface area contributed by atoms with E-state index in [-0.39, 0.29) is 28.9 Å². The Bertz CT molecular complexity index is 1240. The summed E-state index contributed by atoms with van der Waals surface area (Å²) in [7, 11) is 3.24. The van der Waals surface area contributed by atoms with E-state index in [2.05, 4.69) is 15.0 Å². The van der Waals surface area contributed by atoms with Gasteiger partial charge in [0.25, 0.3) is 0 Å². The summed E-state index contributed by atoms with van der Waals surface area (Å²) in [5.41, 5.74) is 0.975. The van der Waals surface area contributed by atoms with Gasteiger partial charge in [0.15, 0.2) is 5.65 Å². The lowest BCUT2D eigenvalue weighted by atomic mass is 10.1. The molecule has 160 valence electrons. The van der Waals surface area contributed by atoms with Crippen LogP contribution in [0.25, 0.3) is 22.4 Å². The van der Waals surface area contributed by atoms with Crippen LogP contribution in [-0.2, 0) is 19.8 Å². The van der Waals surface area contributed by atoms with E-state index in [1.54, 1.807) is 35.9 Å². The fourth-order valence-electron chi connectivity index (χ4n) is 3.09. The molecular formula is C21H16ClF3N4O2. The van der Waals surface area contributed by atoms with Crippen molar-refractivity contribution in [2.24, 2.45) is 7.05 Å². The summed E-state index contributed by atoms with van der Waals surface area (Å²) in [5, 5.41) is -0.0838. The fourth-order valence-corrected chi connectivity index (χ4v) is 3.25. The standard InChI is InChI=1S/C21H16ClF3N4O2/c1-29-11-26-18-17(27-20(22)28-19(18)29)13-5-8-16(15(9-13)21(23,24)25)31-10-12-3-6-14(30-2)7-4-12/h3-9,11H,10H2,1-2H3. The average Bonchev–Trinajstić information content (AvgIpc) is 3.12. The van der Waals surface area contributed by atoms with Crippen LogP contribution in [0.3, 0.4) is 0 Å². The summed E-state index contributed by atoms with van der Waals surface area (Å²) in [6.45, 7) is -0.0315. The largest absolute Gasteiger partial charge is 0.497 e. The lowest BCUT2D eigenvalue weighted by molar-refractivity contribution is -0.139. The number of ether oxygens (including phenoxy) is 2. The van der Waals surface area contributed by atoms with E-state index in [1.165, 1.54) is 25.6 Å². The van der Waals surface area contributed by atoms with E-state index in [1.807, 2.05) is 0 Å². The number of halogens is 4. The number of rotatable bonds is 5. The number of aromatic nitrogens is 4. The molecule has 0 fully saturated rings. The molecule has 0 aliphatic carbocycles. The maximum absolute atomic E-state index is 13.8. The Morgan fingerprint density at radius 3 is 2.48 bits per heavy atom. The number of hydrogen-bond donors (Lipinski definition) is 0. The Morgan fingerprint density at radius 2 is 1.81 bits per heavy atom. The van der Waals surface area contributed by atoms with Crippen molar-refractivity contribution in [2.75, 3.05) is 7.11 Å². The van der Waals surface area contributed by atoms with Crippen LogP contribution in [0.15, 0.2) is 48.8 Å². The monoisotopic (exact) mass is 448 g/mol. The SMILES string of the molecule is COc1ccc(COc2ccc(-c3nc(Cl)nc4c3ncn4C)cc2C(F)(F)F)cc1. The van der Waals surface area contributed by atoms with Crippen LogP contribution < -0.4 is 9.47 Å². The predicted octanol–water partition coefficient (Wildman–Crippen LogP) is 5.29. The van der Waals surface area contributed by atoms with Gasteiger partial charge in [0.1, 0.15) is 29.3 Å². The molecule has 0 unspecified atom stereocenters. The number of imidazole rings is 1. The summed E-state index contributed by atoms with van der Waals surface area (Å²) in [6.07, 6.45) is -3.14. The molecule has 4 rings (SSSR count). The van der Waals surface area contributed by atoms with Crippen LogP contribution in [0.2, 0.25) is 5.28 Å². The molecule has 0 saturated carbocycles. The van der Waals surface area contributed by atoms with Gasteiger partial charge < -0.3 is 14.0 Å². The van der Waals surface area contributed by atoms with E-state index in [9.17, 15) is 13.2 Å². The molecule has 10 heteroatoms. The number of aryl methyl sites for hydroxylation is 1. The van der Waals surface area contributed by atoms with Gasteiger partial charge in [-0.15, -0.1) is 0 Å². The third-order valence-electron chi connectivity index (χ3n) is 4.64. The van der Waals surface area contributed by atoms with E-state index in [0.29, 0.717) is 22.5 Å². The van der Waals surface area contributed by atoms with Crippen LogP contribution in [0.4, 0.5) is 13.2 Å². The van der Waals surface area contributed by atoms with Crippen LogP contribution in [-0.4, -0.2) is 26.6 Å². The highest BCUT2D eigenvalue weighted by Gasteiger charge is 2.35. The highest BCUT2D eigenvalue weighted by atomic mass is 35.5. The zero-order valence-electron chi connectivity index (χ0n) is 16.4. The molecule has 4 aromatic rings. The Hall–Kier alpha value is -3.33. The number of nitrogens with zero attached hydrogens (tertiary/aromatic N) is 4. The summed E-state index contributed by atoms with van der Waals surface area (Å²) in [5.74, 6) is 0.359. The molecule has 0 aliphatic heterocycles. The minimum absolute atomic E-state index is 0.0315. The van der Waals surface area contributed by atoms with Crippen LogP contribution in [0.5, 0.6) is 11.5 Å². The smallest absolute Gasteiger partial charge is 0.419 e. The van der Waals surface area contributed by atoms with Crippen molar-refractivity contribution in [2.45, 2.75) is 12.8 Å². The maximum atomic E-state index is 13.8. The Labute approximate surface area is 180 Å². The van der Waals surface area contributed by atoms with E-state index < -0.39 is 11.7 Å². The molecule has 2 aromatic carbocycles. The predicted molar refractivity (Wildman–Crippen MR) is 109 cm³/mol. The zero-order valence-corrected chi connectivity index (χ0v) is 17.2. The first-order valence-corrected chi connectivity index (χ1v) is 9.46. The Morgan fingerprint density at radius 1 is 1.06 bits per heavy atom. The lowest BCUT2D eigenvalue weighted by Crippen LogP contribution is -2.09. The quantitative estimate of drug-likeness (QED) is 0.388. The third kappa shape index (κ3) is 4.27. The van der Waals surface area contributed by atoms with E-state index in [4.69, 9.17) is 21.1 Å². The molecule has 2 aromatic heterocycles. The first kappa shape index (κ1) is 20.9. The molecular weight excluding hydrogens is 433 g/mol. The highest BCUT2D eigenvalue weighted by Crippen LogP contribution is 2.39. The molecule has 0 saturated heterocycles. The molecule has 0 amide bonds. The highest BCUT2D eigenvalue weighted by molar-refractivity contribution is 6.28. The Kier molecular flexibility index (Phi) is 5.45. The Balaban J connectivity index is 1.71. The minimum atomic E-state index is -4.63. The van der Waals surface area contributed by atoms with Crippen LogP contribution >= 0.6 is 11.6 Å². The van der Waals surface area contributed by atoms with Crippen molar-refractivity contribution < 1.29 is 22.6 Å². The van der Waals surface area contributed by atoms with Crippen molar-refractivity contribution in [1.29, 1.82) is 0 Å². The second-order valence-electron chi connectivity index (χ2n) is 6.71. The fraction of sp³-hybridized carbons (Fsp3) is 0.190. The van der Waals surface area contributed by atoms with Gasteiger partial charge in [-0.2, -0.15) is 18.2 Å². The van der Waals surface area contributed by atoms with Crippen molar-refractivity contribution in [3.63, 3.8) is 0 Å². The molecule has 6 nitrogen and oxygen atoms in total. The van der Waals surface area contributed by atoms with Crippen molar-refractivity contribution >= 4 is 22.8 Å². The summed E-state index contributed by atoms with van der Waals surface area (Å²) in [6, 6.07) is 10.6. The number of methoxy groups -OCH3 is 1. The number of fused-ring (bicyclic) bond motifs is 1. The van der Waals surface area contributed by atoms with Gasteiger partial charge >= 0.3 is 6.18 Å². The molecule has 0 N–H and O–H groups in total. The molecule has 2 heterocycles. The molecule has 31 heavy (non-hydrogen) atoms.